The lowest BCUT2D eigenvalue weighted by Crippen LogP contribution is -2.67. The van der Waals surface area contributed by atoms with Crippen LogP contribution in [0.15, 0.2) is 18.2 Å². The van der Waals surface area contributed by atoms with Crippen LogP contribution >= 0.6 is 0 Å². The summed E-state index contributed by atoms with van der Waals surface area (Å²) in [4.78, 5) is 14.7. The van der Waals surface area contributed by atoms with Crippen molar-refractivity contribution >= 4 is 5.91 Å². The Balaban J connectivity index is 1.28. The maximum absolute atomic E-state index is 12.8. The van der Waals surface area contributed by atoms with Crippen molar-refractivity contribution in [2.24, 2.45) is 5.92 Å². The Labute approximate surface area is 162 Å². The summed E-state index contributed by atoms with van der Waals surface area (Å²) in [6, 6.07) is 5.94. The van der Waals surface area contributed by atoms with Gasteiger partial charge in [-0.25, -0.2) is 0 Å². The zero-order valence-electron chi connectivity index (χ0n) is 16.5. The molecule has 0 saturated carbocycles. The third kappa shape index (κ3) is 4.20. The number of aryl methyl sites for hydroxylation is 2. The number of rotatable bonds is 4. The van der Waals surface area contributed by atoms with Crippen LogP contribution in [0, 0.1) is 19.8 Å². The number of nitrogens with zero attached hydrogens (tertiary/aromatic N) is 1. The molecule has 0 aliphatic carbocycles. The molecule has 0 radical (unpaired) electrons. The Morgan fingerprint density at radius 2 is 1.93 bits per heavy atom. The summed E-state index contributed by atoms with van der Waals surface area (Å²) >= 11 is 0. The van der Waals surface area contributed by atoms with Gasteiger partial charge in [0.15, 0.2) is 0 Å². The number of ether oxygens (including phenoxy) is 3. The van der Waals surface area contributed by atoms with Gasteiger partial charge in [-0.2, -0.15) is 0 Å². The van der Waals surface area contributed by atoms with Gasteiger partial charge >= 0.3 is 0 Å². The molecule has 1 unspecified atom stereocenters. The average molecular weight is 373 g/mol. The first kappa shape index (κ1) is 18.9. The molecular formula is C22H31NO4. The van der Waals surface area contributed by atoms with Crippen LogP contribution in [0.3, 0.4) is 0 Å². The van der Waals surface area contributed by atoms with E-state index in [2.05, 4.69) is 6.92 Å². The van der Waals surface area contributed by atoms with Crippen LogP contribution in [-0.2, 0) is 14.2 Å². The Hall–Kier alpha value is -1.43. The SMILES string of the molecule is Cc1ccc(C(=O)N2CC3(CC(OCC4CCOCC4)CCO3)C2)cc1C. The highest BCUT2D eigenvalue weighted by atomic mass is 16.5. The van der Waals surface area contributed by atoms with Crippen LogP contribution in [0.4, 0.5) is 0 Å². The van der Waals surface area contributed by atoms with Crippen LogP contribution < -0.4 is 0 Å². The summed E-state index contributed by atoms with van der Waals surface area (Å²) in [5.74, 6) is 0.736. The second kappa shape index (κ2) is 7.90. The fraction of sp³-hybridized carbons (Fsp3) is 0.682. The van der Waals surface area contributed by atoms with E-state index in [1.54, 1.807) is 0 Å². The summed E-state index contributed by atoms with van der Waals surface area (Å²) in [5.41, 5.74) is 2.95. The molecule has 3 heterocycles. The molecule has 3 aliphatic heterocycles. The van der Waals surface area contributed by atoms with E-state index in [9.17, 15) is 4.79 Å². The van der Waals surface area contributed by atoms with Gasteiger partial charge in [-0.05, 0) is 62.3 Å². The lowest BCUT2D eigenvalue weighted by molar-refractivity contribution is -0.188. The number of carbonyl (C=O) groups excluding carboxylic acids is 1. The molecule has 0 aromatic heterocycles. The van der Waals surface area contributed by atoms with Gasteiger partial charge in [0.1, 0.15) is 5.60 Å². The topological polar surface area (TPSA) is 48.0 Å². The number of benzene rings is 1. The number of hydrogen-bond acceptors (Lipinski definition) is 4. The quantitative estimate of drug-likeness (QED) is 0.814. The Morgan fingerprint density at radius 1 is 1.15 bits per heavy atom. The first-order valence-electron chi connectivity index (χ1n) is 10.2. The summed E-state index contributed by atoms with van der Waals surface area (Å²) in [6.07, 6.45) is 4.31. The number of amides is 1. The van der Waals surface area contributed by atoms with Crippen LogP contribution in [0.25, 0.3) is 0 Å². The van der Waals surface area contributed by atoms with E-state index in [0.717, 1.165) is 63.2 Å². The predicted octanol–water partition coefficient (Wildman–Crippen LogP) is 3.12. The highest BCUT2D eigenvalue weighted by Crippen LogP contribution is 2.36. The molecule has 148 valence electrons. The second-order valence-electron chi connectivity index (χ2n) is 8.50. The zero-order valence-corrected chi connectivity index (χ0v) is 16.5. The molecule has 5 nitrogen and oxygen atoms in total. The summed E-state index contributed by atoms with van der Waals surface area (Å²) in [5, 5.41) is 0. The molecular weight excluding hydrogens is 342 g/mol. The molecule has 1 aromatic rings. The first-order valence-corrected chi connectivity index (χ1v) is 10.2. The van der Waals surface area contributed by atoms with E-state index < -0.39 is 0 Å². The van der Waals surface area contributed by atoms with Crippen molar-refractivity contribution in [2.45, 2.75) is 51.2 Å². The molecule has 0 bridgehead atoms. The van der Waals surface area contributed by atoms with Crippen LogP contribution in [0.5, 0.6) is 0 Å². The van der Waals surface area contributed by atoms with Crippen molar-refractivity contribution in [3.05, 3.63) is 34.9 Å². The van der Waals surface area contributed by atoms with E-state index in [1.165, 1.54) is 5.56 Å². The molecule has 3 saturated heterocycles. The van der Waals surface area contributed by atoms with Crippen molar-refractivity contribution < 1.29 is 19.0 Å². The van der Waals surface area contributed by atoms with E-state index in [1.807, 2.05) is 30.0 Å². The van der Waals surface area contributed by atoms with Crippen LogP contribution in [-0.4, -0.2) is 62.0 Å². The monoisotopic (exact) mass is 373 g/mol. The normalized spacial score (nSPS) is 25.4. The minimum Gasteiger partial charge on any atom is -0.381 e. The Kier molecular flexibility index (Phi) is 5.53. The van der Waals surface area contributed by atoms with Gasteiger partial charge in [-0.1, -0.05) is 6.07 Å². The molecule has 5 heteroatoms. The Bertz CT molecular complexity index is 677. The lowest BCUT2D eigenvalue weighted by atomic mass is 9.84. The zero-order chi connectivity index (χ0) is 18.9. The van der Waals surface area contributed by atoms with Crippen molar-refractivity contribution in [3.63, 3.8) is 0 Å². The van der Waals surface area contributed by atoms with Gasteiger partial charge in [0.2, 0.25) is 0 Å². The van der Waals surface area contributed by atoms with Crippen LogP contribution in [0.2, 0.25) is 0 Å². The molecule has 1 amide bonds. The predicted molar refractivity (Wildman–Crippen MR) is 103 cm³/mol. The smallest absolute Gasteiger partial charge is 0.254 e. The third-order valence-corrected chi connectivity index (χ3v) is 6.36. The lowest BCUT2D eigenvalue weighted by Gasteiger charge is -2.53. The standard InChI is InChI=1S/C22H31NO4/c1-16-3-4-19(11-17(16)2)21(24)23-14-22(15-23)12-20(7-10-27-22)26-13-18-5-8-25-9-6-18/h3-4,11,18,20H,5-10,12-15H2,1-2H3. The van der Waals surface area contributed by atoms with E-state index in [0.29, 0.717) is 19.0 Å². The largest absolute Gasteiger partial charge is 0.381 e. The van der Waals surface area contributed by atoms with Gasteiger partial charge in [0.05, 0.1) is 19.2 Å². The van der Waals surface area contributed by atoms with Gasteiger partial charge in [0.25, 0.3) is 5.91 Å². The van der Waals surface area contributed by atoms with Gasteiger partial charge in [-0.15, -0.1) is 0 Å². The molecule has 1 spiro atoms. The maximum Gasteiger partial charge on any atom is 0.254 e. The fourth-order valence-corrected chi connectivity index (χ4v) is 4.38. The number of likely N-dealkylation sites (tertiary alicyclic amines) is 1. The molecule has 1 aromatic carbocycles. The van der Waals surface area contributed by atoms with Crippen molar-refractivity contribution in [3.8, 4) is 0 Å². The van der Waals surface area contributed by atoms with Gasteiger partial charge < -0.3 is 19.1 Å². The minimum absolute atomic E-state index is 0.109. The second-order valence-corrected chi connectivity index (χ2v) is 8.50. The molecule has 3 fully saturated rings. The van der Waals surface area contributed by atoms with Gasteiger partial charge in [-0.3, -0.25) is 4.79 Å². The van der Waals surface area contributed by atoms with E-state index >= 15 is 0 Å². The maximum atomic E-state index is 12.8. The number of carbonyl (C=O) groups is 1. The minimum atomic E-state index is -0.200. The van der Waals surface area contributed by atoms with Crippen LogP contribution in [0.1, 0.15) is 47.2 Å². The Morgan fingerprint density at radius 3 is 2.67 bits per heavy atom. The van der Waals surface area contributed by atoms with Crippen molar-refractivity contribution in [1.82, 2.24) is 4.90 Å². The van der Waals surface area contributed by atoms with E-state index in [4.69, 9.17) is 14.2 Å². The highest BCUT2D eigenvalue weighted by Gasteiger charge is 2.49. The molecule has 1 atom stereocenters. The van der Waals surface area contributed by atoms with Crippen molar-refractivity contribution in [1.29, 1.82) is 0 Å². The molecule has 4 rings (SSSR count). The summed E-state index contributed by atoms with van der Waals surface area (Å²) in [7, 11) is 0. The highest BCUT2D eigenvalue weighted by molar-refractivity contribution is 5.95. The molecule has 3 aliphatic rings. The van der Waals surface area contributed by atoms with Gasteiger partial charge in [0, 0.05) is 38.4 Å². The third-order valence-electron chi connectivity index (χ3n) is 6.36. The van der Waals surface area contributed by atoms with Crippen molar-refractivity contribution in [2.75, 3.05) is 39.5 Å². The summed E-state index contributed by atoms with van der Waals surface area (Å²) < 4.78 is 17.7. The van der Waals surface area contributed by atoms with E-state index in [-0.39, 0.29) is 17.6 Å². The fourth-order valence-electron chi connectivity index (χ4n) is 4.38. The molecule has 27 heavy (non-hydrogen) atoms. The average Bonchev–Trinajstić information content (AvgIpc) is 2.67. The first-order chi connectivity index (χ1) is 13.0. The summed E-state index contributed by atoms with van der Waals surface area (Å²) in [6.45, 7) is 8.75. The molecule has 0 N–H and O–H groups in total. The number of hydrogen-bond donors (Lipinski definition) is 0.